The predicted octanol–water partition coefficient (Wildman–Crippen LogP) is 7.30. The van der Waals surface area contributed by atoms with Crippen LogP contribution < -0.4 is 0 Å². The molecule has 0 aliphatic rings. The average Bonchev–Trinajstić information content (AvgIpc) is 2.66. The maximum atomic E-state index is 4.78. The largest absolute Gasteiger partial charge is 0.256 e. The quantitative estimate of drug-likeness (QED) is 0.357. The molecule has 0 spiro atoms. The van der Waals surface area contributed by atoms with E-state index in [1.165, 1.54) is 38.2 Å². The number of rotatable bonds is 3. The zero-order valence-corrected chi connectivity index (χ0v) is 16.0. The van der Waals surface area contributed by atoms with Crippen LogP contribution in [0.25, 0.3) is 32.8 Å². The molecule has 0 saturated carbocycles. The molecule has 1 heterocycles. The number of pyridine rings is 1. The smallest absolute Gasteiger partial charge is 0.0780 e. The molecule has 1 heteroatoms. The van der Waals surface area contributed by atoms with Crippen molar-refractivity contribution >= 4 is 21.5 Å². The fourth-order valence-electron chi connectivity index (χ4n) is 3.65. The van der Waals surface area contributed by atoms with E-state index in [0.717, 1.165) is 5.69 Å². The SMILES string of the molecule is CC(C)c1cc(-c2nccc3c2ccc2ccccc23)cc(C(C)C)c1. The summed E-state index contributed by atoms with van der Waals surface area (Å²) >= 11 is 0. The first-order valence-electron chi connectivity index (χ1n) is 9.46. The molecule has 0 amide bonds. The van der Waals surface area contributed by atoms with Crippen LogP contribution in [0.4, 0.5) is 0 Å². The molecule has 0 aliphatic carbocycles. The van der Waals surface area contributed by atoms with Crippen LogP contribution in [-0.4, -0.2) is 4.98 Å². The van der Waals surface area contributed by atoms with Crippen LogP contribution >= 0.6 is 0 Å². The summed E-state index contributed by atoms with van der Waals surface area (Å²) in [5, 5.41) is 5.06. The Morgan fingerprint density at radius 2 is 1.35 bits per heavy atom. The zero-order valence-electron chi connectivity index (χ0n) is 16.0. The van der Waals surface area contributed by atoms with E-state index in [2.05, 4.69) is 88.4 Å². The second-order valence-corrected chi connectivity index (χ2v) is 7.74. The lowest BCUT2D eigenvalue weighted by molar-refractivity contribution is 0.834. The monoisotopic (exact) mass is 339 g/mol. The van der Waals surface area contributed by atoms with Gasteiger partial charge in [0, 0.05) is 17.1 Å². The summed E-state index contributed by atoms with van der Waals surface area (Å²) in [5.74, 6) is 1.01. The molecule has 26 heavy (non-hydrogen) atoms. The molecule has 0 atom stereocenters. The summed E-state index contributed by atoms with van der Waals surface area (Å²) in [6.45, 7) is 9.03. The van der Waals surface area contributed by atoms with Crippen molar-refractivity contribution in [3.05, 3.63) is 78.0 Å². The number of fused-ring (bicyclic) bond motifs is 3. The van der Waals surface area contributed by atoms with E-state index in [4.69, 9.17) is 4.98 Å². The molecule has 0 fully saturated rings. The van der Waals surface area contributed by atoms with Crippen molar-refractivity contribution in [1.82, 2.24) is 4.98 Å². The molecular formula is C25H25N. The Labute approximate surface area is 155 Å². The van der Waals surface area contributed by atoms with Gasteiger partial charge in [-0.05, 0) is 57.3 Å². The third kappa shape index (κ3) is 2.88. The highest BCUT2D eigenvalue weighted by Gasteiger charge is 2.12. The molecule has 4 aromatic rings. The second-order valence-electron chi connectivity index (χ2n) is 7.74. The molecule has 0 aliphatic heterocycles. The highest BCUT2D eigenvalue weighted by Crippen LogP contribution is 2.34. The maximum absolute atomic E-state index is 4.78. The molecule has 1 nitrogen and oxygen atoms in total. The van der Waals surface area contributed by atoms with Crippen molar-refractivity contribution in [2.75, 3.05) is 0 Å². The van der Waals surface area contributed by atoms with Gasteiger partial charge in [-0.1, -0.05) is 70.2 Å². The summed E-state index contributed by atoms with van der Waals surface area (Å²) in [6, 6.07) is 22.1. The van der Waals surface area contributed by atoms with Crippen molar-refractivity contribution in [3.8, 4) is 11.3 Å². The van der Waals surface area contributed by atoms with E-state index in [1.54, 1.807) is 0 Å². The van der Waals surface area contributed by atoms with Gasteiger partial charge in [0.25, 0.3) is 0 Å². The number of nitrogens with zero attached hydrogens (tertiary/aromatic N) is 1. The Hall–Kier alpha value is -2.67. The van der Waals surface area contributed by atoms with Crippen LogP contribution in [-0.2, 0) is 0 Å². The zero-order chi connectivity index (χ0) is 18.3. The van der Waals surface area contributed by atoms with Crippen molar-refractivity contribution in [3.63, 3.8) is 0 Å². The van der Waals surface area contributed by atoms with Gasteiger partial charge in [0.05, 0.1) is 5.69 Å². The standard InChI is InChI=1S/C25H25N/c1-16(2)19-13-20(17(3)4)15-21(14-19)25-24-10-9-18-7-5-6-8-22(18)23(24)11-12-26-25/h5-17H,1-4H3. The fourth-order valence-corrected chi connectivity index (χ4v) is 3.65. The molecule has 0 unspecified atom stereocenters. The number of aromatic nitrogens is 1. The van der Waals surface area contributed by atoms with Crippen molar-refractivity contribution in [1.29, 1.82) is 0 Å². The van der Waals surface area contributed by atoms with Gasteiger partial charge in [-0.15, -0.1) is 0 Å². The predicted molar refractivity (Wildman–Crippen MR) is 113 cm³/mol. The summed E-state index contributed by atoms with van der Waals surface area (Å²) in [4.78, 5) is 4.78. The lowest BCUT2D eigenvalue weighted by atomic mass is 9.91. The van der Waals surface area contributed by atoms with Crippen molar-refractivity contribution < 1.29 is 0 Å². The third-order valence-electron chi connectivity index (χ3n) is 5.26. The third-order valence-corrected chi connectivity index (χ3v) is 5.26. The molecule has 130 valence electrons. The van der Waals surface area contributed by atoms with Gasteiger partial charge in [0.2, 0.25) is 0 Å². The molecule has 1 aromatic heterocycles. The normalized spacial score (nSPS) is 11.8. The van der Waals surface area contributed by atoms with Crippen LogP contribution in [0.3, 0.4) is 0 Å². The first-order valence-corrected chi connectivity index (χ1v) is 9.46. The van der Waals surface area contributed by atoms with Gasteiger partial charge >= 0.3 is 0 Å². The van der Waals surface area contributed by atoms with Gasteiger partial charge in [-0.25, -0.2) is 0 Å². The van der Waals surface area contributed by atoms with E-state index < -0.39 is 0 Å². The average molecular weight is 339 g/mol. The Balaban J connectivity index is 2.01. The van der Waals surface area contributed by atoms with Crippen LogP contribution in [0.2, 0.25) is 0 Å². The Morgan fingerprint density at radius 3 is 2.04 bits per heavy atom. The molecule has 3 aromatic carbocycles. The molecule has 0 radical (unpaired) electrons. The van der Waals surface area contributed by atoms with E-state index in [-0.39, 0.29) is 0 Å². The molecule has 4 rings (SSSR count). The van der Waals surface area contributed by atoms with Crippen LogP contribution in [0, 0.1) is 0 Å². The van der Waals surface area contributed by atoms with Gasteiger partial charge in [0.15, 0.2) is 0 Å². The Kier molecular flexibility index (Phi) is 4.24. The maximum Gasteiger partial charge on any atom is 0.0780 e. The first-order chi connectivity index (χ1) is 12.5. The van der Waals surface area contributed by atoms with E-state index in [0.29, 0.717) is 11.8 Å². The summed E-state index contributed by atoms with van der Waals surface area (Å²) in [7, 11) is 0. The number of hydrogen-bond acceptors (Lipinski definition) is 1. The van der Waals surface area contributed by atoms with E-state index in [9.17, 15) is 0 Å². The van der Waals surface area contributed by atoms with Crippen molar-refractivity contribution in [2.24, 2.45) is 0 Å². The Bertz CT molecular complexity index is 1060. The Morgan fingerprint density at radius 1 is 0.654 bits per heavy atom. The minimum absolute atomic E-state index is 0.503. The summed E-state index contributed by atoms with van der Waals surface area (Å²) in [5.41, 5.74) is 5.06. The van der Waals surface area contributed by atoms with Crippen LogP contribution in [0.5, 0.6) is 0 Å². The minimum atomic E-state index is 0.503. The second kappa shape index (κ2) is 6.57. The van der Waals surface area contributed by atoms with Gasteiger partial charge in [-0.2, -0.15) is 0 Å². The lowest BCUT2D eigenvalue weighted by Crippen LogP contribution is -1.96. The summed E-state index contributed by atoms with van der Waals surface area (Å²) in [6.07, 6.45) is 1.95. The van der Waals surface area contributed by atoms with Crippen LogP contribution in [0.1, 0.15) is 50.7 Å². The first kappa shape index (κ1) is 16.8. The minimum Gasteiger partial charge on any atom is -0.256 e. The molecular weight excluding hydrogens is 314 g/mol. The van der Waals surface area contributed by atoms with E-state index in [1.807, 2.05) is 6.20 Å². The summed E-state index contributed by atoms with van der Waals surface area (Å²) < 4.78 is 0. The highest BCUT2D eigenvalue weighted by atomic mass is 14.7. The van der Waals surface area contributed by atoms with Crippen molar-refractivity contribution in [2.45, 2.75) is 39.5 Å². The molecule has 0 N–H and O–H groups in total. The highest BCUT2D eigenvalue weighted by molar-refractivity contribution is 6.11. The topological polar surface area (TPSA) is 12.9 Å². The van der Waals surface area contributed by atoms with E-state index >= 15 is 0 Å². The van der Waals surface area contributed by atoms with Crippen LogP contribution in [0.15, 0.2) is 66.9 Å². The number of hydrogen-bond donors (Lipinski definition) is 0. The van der Waals surface area contributed by atoms with Gasteiger partial charge in [0.1, 0.15) is 0 Å². The molecule has 0 saturated heterocycles. The van der Waals surface area contributed by atoms with Gasteiger partial charge in [-0.3, -0.25) is 4.98 Å². The number of benzene rings is 3. The fraction of sp³-hybridized carbons (Fsp3) is 0.240. The lowest BCUT2D eigenvalue weighted by Gasteiger charge is -2.15. The van der Waals surface area contributed by atoms with Gasteiger partial charge < -0.3 is 0 Å². The molecule has 0 bridgehead atoms.